The Kier molecular flexibility index (Phi) is 15.7. The van der Waals surface area contributed by atoms with Crippen LogP contribution in [0.15, 0.2) is 131 Å². The van der Waals surface area contributed by atoms with E-state index in [0.29, 0.717) is 72.1 Å². The molecule has 5 aromatic carbocycles. The summed E-state index contributed by atoms with van der Waals surface area (Å²) in [6, 6.07) is 34.4. The number of nitro benzene ring substituents is 1. The molecular weight excluding hydrogens is 916 g/mol. The van der Waals surface area contributed by atoms with Crippen LogP contribution in [0, 0.1) is 22.9 Å². The quantitative estimate of drug-likeness (QED) is 0.0309. The highest BCUT2D eigenvalue weighted by atomic mass is 32.2. The molecule has 7 rings (SSSR count). The zero-order valence-corrected chi connectivity index (χ0v) is 39.9. The molecule has 1 unspecified atom stereocenters. The van der Waals surface area contributed by atoms with Crippen molar-refractivity contribution in [2.45, 2.75) is 29.2 Å². The van der Waals surface area contributed by atoms with E-state index in [9.17, 15) is 36.5 Å². The van der Waals surface area contributed by atoms with Gasteiger partial charge in [0.15, 0.2) is 0 Å². The van der Waals surface area contributed by atoms with Gasteiger partial charge in [0, 0.05) is 84.3 Å². The number of nitro groups is 1. The number of piperazine rings is 1. The number of aromatic nitrogens is 1. The van der Waals surface area contributed by atoms with Gasteiger partial charge in [-0.3, -0.25) is 23.8 Å². The molecule has 1 amide bonds. The molecule has 0 aliphatic carbocycles. The van der Waals surface area contributed by atoms with Crippen LogP contribution in [0.1, 0.15) is 22.5 Å². The molecule has 0 radical (unpaired) electrons. The van der Waals surface area contributed by atoms with E-state index in [1.54, 1.807) is 43.0 Å². The first kappa shape index (κ1) is 48.7. The minimum absolute atomic E-state index is 0.130. The van der Waals surface area contributed by atoms with E-state index in [1.165, 1.54) is 24.3 Å². The van der Waals surface area contributed by atoms with Crippen molar-refractivity contribution in [2.75, 3.05) is 78.3 Å². The summed E-state index contributed by atoms with van der Waals surface area (Å²) in [7, 11) is 1.55. The van der Waals surface area contributed by atoms with Gasteiger partial charge in [-0.15, -0.1) is 11.8 Å². The average molecular weight is 968 g/mol. The van der Waals surface area contributed by atoms with E-state index in [0.717, 1.165) is 34.4 Å². The van der Waals surface area contributed by atoms with Gasteiger partial charge in [0.25, 0.3) is 21.6 Å². The lowest BCUT2D eigenvalue weighted by Crippen LogP contribution is -2.46. The van der Waals surface area contributed by atoms with Gasteiger partial charge in [-0.2, -0.15) is 0 Å². The molecule has 6 aromatic rings. The number of rotatable bonds is 19. The van der Waals surface area contributed by atoms with Crippen molar-refractivity contribution in [2.24, 2.45) is 7.05 Å². The first-order valence-corrected chi connectivity index (χ1v) is 25.2. The topological polar surface area (TPSA) is 185 Å². The van der Waals surface area contributed by atoms with Crippen LogP contribution in [0.5, 0.6) is 0 Å². The van der Waals surface area contributed by atoms with Crippen LogP contribution in [0.3, 0.4) is 0 Å². The van der Waals surface area contributed by atoms with Crippen molar-refractivity contribution < 1.29 is 31.3 Å². The number of benzene rings is 5. The van der Waals surface area contributed by atoms with Gasteiger partial charge in [-0.05, 0) is 141 Å². The van der Waals surface area contributed by atoms with Crippen LogP contribution in [0.4, 0.5) is 32.8 Å². The predicted molar refractivity (Wildman–Crippen MR) is 265 cm³/mol. The standard InChI is InChI=1S/C48H53FN8O7S3/c1-33-45(48(58)50-32-66(61)62)46(47(54(33)4)34-13-15-36(49)16-14-34)35-9-8-10-40(29-35)56-27-25-55(26-28-56)39-19-17-37(18-20-39)52-67(63,64)42-21-22-43(44(30-42)57(59)60)51-38(23-24-53(2)3)31-65-41-11-6-5-7-12-41/h5-22,29-30,38,51-52H,23-28,31-32H2,1-4H3,(H,50,58)(H,61,62)/p-1/t38-/m1/s1. The van der Waals surface area contributed by atoms with Crippen LogP contribution in [0.2, 0.25) is 0 Å². The zero-order valence-electron chi connectivity index (χ0n) is 37.5. The van der Waals surface area contributed by atoms with Crippen molar-refractivity contribution in [1.29, 1.82) is 0 Å². The molecule has 15 nitrogen and oxygen atoms in total. The lowest BCUT2D eigenvalue weighted by Gasteiger charge is -2.37. The van der Waals surface area contributed by atoms with Crippen LogP contribution < -0.4 is 25.2 Å². The molecule has 1 aliphatic rings. The molecule has 2 heterocycles. The van der Waals surface area contributed by atoms with Crippen molar-refractivity contribution in [3.63, 3.8) is 0 Å². The molecule has 1 aliphatic heterocycles. The molecular formula is C48H52FN8O7S3-. The molecule has 0 saturated carbocycles. The molecule has 352 valence electrons. The fraction of sp³-hybridized carbons (Fsp3) is 0.271. The SMILES string of the molecule is Cc1c(C(=O)NCS(=O)[O-])c(-c2cccc(N3CCN(c4ccc(NS(=O)(=O)c5ccc(N[C@H](CCN(C)C)CSc6ccccc6)c([N+](=O)[O-])c5)cc4)CC3)c2)c(-c2ccc(F)cc2)n1C. The Morgan fingerprint density at radius 3 is 2.19 bits per heavy atom. The van der Waals surface area contributed by atoms with Gasteiger partial charge in [0.2, 0.25) is 0 Å². The third-order valence-electron chi connectivity index (χ3n) is 11.6. The molecule has 0 bridgehead atoms. The van der Waals surface area contributed by atoms with Crippen LogP contribution in [-0.4, -0.2) is 102 Å². The Bertz CT molecular complexity index is 2840. The lowest BCUT2D eigenvalue weighted by molar-refractivity contribution is -0.384. The third kappa shape index (κ3) is 12.0. The number of carbonyl (C=O) groups is 1. The van der Waals surface area contributed by atoms with Crippen molar-refractivity contribution in [1.82, 2.24) is 14.8 Å². The Hall–Kier alpha value is -6.25. The Morgan fingerprint density at radius 1 is 0.881 bits per heavy atom. The summed E-state index contributed by atoms with van der Waals surface area (Å²) in [5.74, 6) is -0.841. The number of anilines is 4. The molecule has 3 N–H and O–H groups in total. The maximum Gasteiger partial charge on any atom is 0.293 e. The molecule has 67 heavy (non-hydrogen) atoms. The van der Waals surface area contributed by atoms with Gasteiger partial charge in [0.05, 0.1) is 27.0 Å². The monoisotopic (exact) mass is 967 g/mol. The molecule has 0 spiro atoms. The number of carbonyl (C=O) groups excluding carboxylic acids is 1. The van der Waals surface area contributed by atoms with Gasteiger partial charge >= 0.3 is 0 Å². The Morgan fingerprint density at radius 2 is 1.55 bits per heavy atom. The van der Waals surface area contributed by atoms with E-state index >= 15 is 0 Å². The molecule has 19 heteroatoms. The minimum Gasteiger partial charge on any atom is -0.771 e. The highest BCUT2D eigenvalue weighted by Crippen LogP contribution is 2.40. The van der Waals surface area contributed by atoms with Gasteiger partial charge in [-0.1, -0.05) is 30.3 Å². The van der Waals surface area contributed by atoms with Gasteiger partial charge in [0.1, 0.15) is 11.5 Å². The fourth-order valence-electron chi connectivity index (χ4n) is 8.05. The van der Waals surface area contributed by atoms with Crippen molar-refractivity contribution in [3.8, 4) is 22.4 Å². The molecule has 1 fully saturated rings. The summed E-state index contributed by atoms with van der Waals surface area (Å²) in [5, 5.41) is 18.1. The molecule has 2 atom stereocenters. The second-order valence-electron chi connectivity index (χ2n) is 16.4. The summed E-state index contributed by atoms with van der Waals surface area (Å²) >= 11 is -0.851. The summed E-state index contributed by atoms with van der Waals surface area (Å²) < 4.78 is 68.4. The maximum atomic E-state index is 14.0. The molecule has 1 saturated heterocycles. The van der Waals surface area contributed by atoms with Crippen molar-refractivity contribution in [3.05, 3.63) is 149 Å². The first-order chi connectivity index (χ1) is 32.1. The second kappa shape index (κ2) is 21.6. The van der Waals surface area contributed by atoms with E-state index in [2.05, 4.69) is 25.2 Å². The summed E-state index contributed by atoms with van der Waals surface area (Å²) in [4.78, 5) is 32.6. The normalized spacial score (nSPS) is 13.9. The van der Waals surface area contributed by atoms with E-state index in [4.69, 9.17) is 0 Å². The number of thioether (sulfide) groups is 1. The van der Waals surface area contributed by atoms with Crippen LogP contribution >= 0.6 is 11.8 Å². The van der Waals surface area contributed by atoms with Crippen molar-refractivity contribution >= 4 is 67.2 Å². The number of amides is 1. The summed E-state index contributed by atoms with van der Waals surface area (Å²) in [6.07, 6.45) is 0.712. The van der Waals surface area contributed by atoms with Crippen LogP contribution in [-0.2, 0) is 28.2 Å². The number of halogens is 1. The summed E-state index contributed by atoms with van der Waals surface area (Å²) in [5.41, 5.74) is 5.63. The average Bonchev–Trinajstić information content (AvgIpc) is 3.58. The number of hydrogen-bond donors (Lipinski definition) is 3. The third-order valence-corrected chi connectivity index (χ3v) is 14.5. The lowest BCUT2D eigenvalue weighted by atomic mass is 9.96. The maximum absolute atomic E-state index is 14.0. The number of nitrogens with one attached hydrogen (secondary N) is 3. The zero-order chi connectivity index (χ0) is 47.8. The van der Waals surface area contributed by atoms with E-state index in [-0.39, 0.29) is 22.3 Å². The van der Waals surface area contributed by atoms with Gasteiger partial charge < -0.3 is 34.5 Å². The van der Waals surface area contributed by atoms with Crippen LogP contribution in [0.25, 0.3) is 22.4 Å². The number of hydrogen-bond acceptors (Lipinski definition) is 12. The molecule has 1 aromatic heterocycles. The highest BCUT2D eigenvalue weighted by molar-refractivity contribution is 7.99. The summed E-state index contributed by atoms with van der Waals surface area (Å²) in [6.45, 7) is 5.11. The Labute approximate surface area is 396 Å². The highest BCUT2D eigenvalue weighted by Gasteiger charge is 2.28. The Balaban J connectivity index is 1.02. The predicted octanol–water partition coefficient (Wildman–Crippen LogP) is 7.93. The first-order valence-electron chi connectivity index (χ1n) is 21.5. The second-order valence-corrected chi connectivity index (χ2v) is 20.0. The van der Waals surface area contributed by atoms with Gasteiger partial charge in [-0.25, -0.2) is 12.8 Å². The van der Waals surface area contributed by atoms with E-state index in [1.807, 2.05) is 97.3 Å². The largest absolute Gasteiger partial charge is 0.771 e. The number of nitrogens with zero attached hydrogens (tertiary/aromatic N) is 5. The smallest absolute Gasteiger partial charge is 0.293 e. The fourth-order valence-corrected chi connectivity index (χ4v) is 10.4. The van der Waals surface area contributed by atoms with E-state index < -0.39 is 43.6 Å². The number of sulfonamides is 1. The minimum atomic E-state index is -4.19.